The molecule has 4 rings (SSSR count). The van der Waals surface area contributed by atoms with Crippen LogP contribution in [0.2, 0.25) is 0 Å². The van der Waals surface area contributed by atoms with E-state index in [1.165, 1.54) is 19.4 Å². The average Bonchev–Trinajstić information content (AvgIpc) is 3.11. The molecular formula is C16H19N3OS. The number of fused-ring (bicyclic) bond motifs is 2. The van der Waals surface area contributed by atoms with Crippen molar-refractivity contribution in [3.63, 3.8) is 0 Å². The van der Waals surface area contributed by atoms with Crippen molar-refractivity contribution in [3.8, 4) is 0 Å². The van der Waals surface area contributed by atoms with Crippen molar-refractivity contribution in [2.75, 3.05) is 31.9 Å². The zero-order chi connectivity index (χ0) is 14.4. The number of hydrogen-bond donors (Lipinski definition) is 1. The zero-order valence-electron chi connectivity index (χ0n) is 11.9. The number of rotatable bonds is 1. The smallest absolute Gasteiger partial charge is 0.264 e. The van der Waals surface area contributed by atoms with Gasteiger partial charge < -0.3 is 10.6 Å². The molecule has 1 amide bonds. The van der Waals surface area contributed by atoms with Crippen LogP contribution in [0.4, 0.5) is 5.69 Å². The van der Waals surface area contributed by atoms with Crippen molar-refractivity contribution in [2.45, 2.75) is 18.9 Å². The fourth-order valence-corrected chi connectivity index (χ4v) is 4.51. The molecule has 1 aromatic heterocycles. The monoisotopic (exact) mass is 301 g/mol. The summed E-state index contributed by atoms with van der Waals surface area (Å²) in [6, 6.07) is 8.40. The van der Waals surface area contributed by atoms with E-state index in [0.717, 1.165) is 40.3 Å². The lowest BCUT2D eigenvalue weighted by atomic mass is 10.1. The maximum absolute atomic E-state index is 12.7. The molecule has 0 spiro atoms. The third kappa shape index (κ3) is 2.30. The van der Waals surface area contributed by atoms with Crippen LogP contribution in [-0.4, -0.2) is 47.9 Å². The number of nitrogens with zero attached hydrogens (tertiary/aromatic N) is 2. The molecule has 0 bridgehead atoms. The molecule has 2 aliphatic rings. The molecule has 2 aliphatic heterocycles. The van der Waals surface area contributed by atoms with Crippen LogP contribution in [-0.2, 0) is 0 Å². The Morgan fingerprint density at radius 2 is 2.14 bits per heavy atom. The molecule has 2 aromatic rings. The van der Waals surface area contributed by atoms with Crippen LogP contribution >= 0.6 is 11.3 Å². The van der Waals surface area contributed by atoms with E-state index < -0.39 is 0 Å². The first-order valence-electron chi connectivity index (χ1n) is 7.53. The number of amides is 1. The average molecular weight is 301 g/mol. The maximum atomic E-state index is 12.7. The zero-order valence-corrected chi connectivity index (χ0v) is 12.7. The Labute approximate surface area is 128 Å². The van der Waals surface area contributed by atoms with Crippen molar-refractivity contribution in [1.29, 1.82) is 0 Å². The number of hydrogen-bond acceptors (Lipinski definition) is 4. The van der Waals surface area contributed by atoms with Gasteiger partial charge in [-0.3, -0.25) is 9.69 Å². The second kappa shape index (κ2) is 5.00. The van der Waals surface area contributed by atoms with Gasteiger partial charge in [0.15, 0.2) is 0 Å². The summed E-state index contributed by atoms with van der Waals surface area (Å²) in [5.41, 5.74) is 6.56. The topological polar surface area (TPSA) is 49.6 Å². The van der Waals surface area contributed by atoms with Crippen LogP contribution < -0.4 is 5.73 Å². The normalized spacial score (nSPS) is 22.7. The standard InChI is InChI=1S/C16H19N3OS/c17-12-3-4-14-11(8-12)9-15(21-14)16(20)19-7-6-18-5-1-2-13(18)10-19/h3-4,8-9,13H,1-2,5-7,10,17H2. The molecule has 110 valence electrons. The van der Waals surface area contributed by atoms with Gasteiger partial charge in [-0.25, -0.2) is 0 Å². The number of nitrogen functional groups attached to an aromatic ring is 1. The SMILES string of the molecule is Nc1ccc2sc(C(=O)N3CCN4CCCC4C3)cc2c1. The Morgan fingerprint density at radius 3 is 3.05 bits per heavy atom. The van der Waals surface area contributed by atoms with Gasteiger partial charge in [-0.1, -0.05) is 0 Å². The minimum absolute atomic E-state index is 0.182. The molecule has 1 atom stereocenters. The second-order valence-electron chi connectivity index (χ2n) is 5.99. The first kappa shape index (κ1) is 13.1. The van der Waals surface area contributed by atoms with Crippen LogP contribution in [0.1, 0.15) is 22.5 Å². The van der Waals surface area contributed by atoms with Gasteiger partial charge in [0.1, 0.15) is 0 Å². The Kier molecular flexibility index (Phi) is 3.12. The minimum Gasteiger partial charge on any atom is -0.399 e. The summed E-state index contributed by atoms with van der Waals surface area (Å²) in [7, 11) is 0. The fraction of sp³-hybridized carbons (Fsp3) is 0.438. The van der Waals surface area contributed by atoms with Crippen LogP contribution in [0.25, 0.3) is 10.1 Å². The molecule has 2 fully saturated rings. The van der Waals surface area contributed by atoms with E-state index in [1.807, 2.05) is 29.2 Å². The number of thiophene rings is 1. The predicted octanol–water partition coefficient (Wildman–Crippen LogP) is 2.40. The van der Waals surface area contributed by atoms with Crippen LogP contribution in [0.15, 0.2) is 24.3 Å². The third-order valence-electron chi connectivity index (χ3n) is 4.63. The van der Waals surface area contributed by atoms with Crippen LogP contribution in [0.5, 0.6) is 0 Å². The third-order valence-corrected chi connectivity index (χ3v) is 5.73. The molecule has 0 radical (unpaired) electrons. The quantitative estimate of drug-likeness (QED) is 0.823. The van der Waals surface area contributed by atoms with E-state index in [1.54, 1.807) is 11.3 Å². The van der Waals surface area contributed by atoms with E-state index >= 15 is 0 Å². The van der Waals surface area contributed by atoms with Gasteiger partial charge in [-0.15, -0.1) is 11.3 Å². The van der Waals surface area contributed by atoms with E-state index in [-0.39, 0.29) is 5.91 Å². The number of carbonyl (C=O) groups is 1. The summed E-state index contributed by atoms with van der Waals surface area (Å²) < 4.78 is 1.13. The first-order chi connectivity index (χ1) is 10.2. The molecule has 1 aromatic carbocycles. The lowest BCUT2D eigenvalue weighted by molar-refractivity contribution is 0.0576. The fourth-order valence-electron chi connectivity index (χ4n) is 3.50. The highest BCUT2D eigenvalue weighted by molar-refractivity contribution is 7.20. The summed E-state index contributed by atoms with van der Waals surface area (Å²) in [6.07, 6.45) is 2.50. The maximum Gasteiger partial charge on any atom is 0.264 e. The molecule has 1 unspecified atom stereocenters. The highest BCUT2D eigenvalue weighted by Gasteiger charge is 2.33. The molecule has 4 nitrogen and oxygen atoms in total. The molecule has 2 saturated heterocycles. The minimum atomic E-state index is 0.182. The van der Waals surface area contributed by atoms with Gasteiger partial charge in [-0.05, 0) is 49.0 Å². The highest BCUT2D eigenvalue weighted by Crippen LogP contribution is 2.29. The van der Waals surface area contributed by atoms with Crippen molar-refractivity contribution >= 4 is 33.0 Å². The molecule has 5 heteroatoms. The van der Waals surface area contributed by atoms with Crippen LogP contribution in [0, 0.1) is 0 Å². The molecule has 3 heterocycles. The number of carbonyl (C=O) groups excluding carboxylic acids is 1. The number of nitrogens with two attached hydrogens (primary N) is 1. The second-order valence-corrected chi connectivity index (χ2v) is 7.07. The Bertz CT molecular complexity index is 696. The molecule has 2 N–H and O–H groups in total. The lowest BCUT2D eigenvalue weighted by Gasteiger charge is -2.37. The summed E-state index contributed by atoms with van der Waals surface area (Å²) in [6.45, 7) is 3.96. The van der Waals surface area contributed by atoms with Gasteiger partial charge >= 0.3 is 0 Å². The molecule has 0 aliphatic carbocycles. The summed E-state index contributed by atoms with van der Waals surface area (Å²) >= 11 is 1.57. The number of anilines is 1. The van der Waals surface area contributed by atoms with Crippen molar-refractivity contribution in [3.05, 3.63) is 29.1 Å². The van der Waals surface area contributed by atoms with Crippen molar-refractivity contribution < 1.29 is 4.79 Å². The van der Waals surface area contributed by atoms with Crippen molar-refractivity contribution in [2.24, 2.45) is 0 Å². The van der Waals surface area contributed by atoms with E-state index in [9.17, 15) is 4.79 Å². The van der Waals surface area contributed by atoms with E-state index in [4.69, 9.17) is 5.73 Å². The van der Waals surface area contributed by atoms with Gasteiger partial charge in [0.2, 0.25) is 0 Å². The largest absolute Gasteiger partial charge is 0.399 e. The van der Waals surface area contributed by atoms with Crippen LogP contribution in [0.3, 0.4) is 0 Å². The lowest BCUT2D eigenvalue weighted by Crippen LogP contribution is -2.51. The summed E-state index contributed by atoms with van der Waals surface area (Å²) in [4.78, 5) is 18.1. The Morgan fingerprint density at radius 1 is 1.24 bits per heavy atom. The van der Waals surface area contributed by atoms with Gasteiger partial charge in [0, 0.05) is 36.1 Å². The molecular weight excluding hydrogens is 282 g/mol. The highest BCUT2D eigenvalue weighted by atomic mass is 32.1. The molecule has 21 heavy (non-hydrogen) atoms. The first-order valence-corrected chi connectivity index (χ1v) is 8.35. The van der Waals surface area contributed by atoms with Gasteiger partial charge in [0.25, 0.3) is 5.91 Å². The van der Waals surface area contributed by atoms with Gasteiger partial charge in [-0.2, -0.15) is 0 Å². The summed E-state index contributed by atoms with van der Waals surface area (Å²) in [5.74, 6) is 0.182. The van der Waals surface area contributed by atoms with E-state index in [0.29, 0.717) is 6.04 Å². The Hall–Kier alpha value is -1.59. The predicted molar refractivity (Wildman–Crippen MR) is 86.7 cm³/mol. The number of benzene rings is 1. The Balaban J connectivity index is 1.58. The molecule has 0 saturated carbocycles. The van der Waals surface area contributed by atoms with E-state index in [2.05, 4.69) is 4.90 Å². The summed E-state index contributed by atoms with van der Waals surface area (Å²) in [5, 5.41) is 1.07. The number of piperazine rings is 1. The van der Waals surface area contributed by atoms with Crippen molar-refractivity contribution in [1.82, 2.24) is 9.80 Å². The van der Waals surface area contributed by atoms with Gasteiger partial charge in [0.05, 0.1) is 4.88 Å².